The summed E-state index contributed by atoms with van der Waals surface area (Å²) in [5.41, 5.74) is -1.23. The quantitative estimate of drug-likeness (QED) is 0.653. The summed E-state index contributed by atoms with van der Waals surface area (Å²) in [5.74, 6) is -3.15. The van der Waals surface area contributed by atoms with Gasteiger partial charge in [-0.15, -0.1) is 0 Å². The molecule has 3 rings (SSSR count). The van der Waals surface area contributed by atoms with Gasteiger partial charge in [0.05, 0.1) is 35.8 Å². The fourth-order valence-corrected chi connectivity index (χ4v) is 3.12. The van der Waals surface area contributed by atoms with Crippen molar-refractivity contribution in [3.8, 4) is 6.07 Å². The molecule has 1 aromatic carbocycles. The van der Waals surface area contributed by atoms with Crippen molar-refractivity contribution in [2.24, 2.45) is 5.92 Å². The van der Waals surface area contributed by atoms with Gasteiger partial charge in [-0.1, -0.05) is 6.07 Å². The van der Waals surface area contributed by atoms with Crippen molar-refractivity contribution < 1.29 is 27.1 Å². The van der Waals surface area contributed by atoms with Crippen molar-refractivity contribution in [3.63, 3.8) is 0 Å². The van der Waals surface area contributed by atoms with Gasteiger partial charge in [0.25, 0.3) is 0 Å². The number of halogens is 4. The molecule has 1 unspecified atom stereocenters. The number of hydrogen-bond acceptors (Lipinski definition) is 4. The molecule has 1 N–H and O–H groups in total. The molecule has 1 fully saturated rings. The first kappa shape index (κ1) is 18.0. The third-order valence-corrected chi connectivity index (χ3v) is 4.42. The molecule has 1 heterocycles. The Balaban J connectivity index is 2.25. The lowest BCUT2D eigenvalue weighted by molar-refractivity contribution is -0.139. The topological polar surface area (TPSA) is 62.1 Å². The second kappa shape index (κ2) is 6.48. The molecule has 0 spiro atoms. The lowest BCUT2D eigenvalue weighted by Gasteiger charge is -2.28. The van der Waals surface area contributed by atoms with Gasteiger partial charge in [0, 0.05) is 11.9 Å². The number of esters is 1. The number of carbonyl (C=O) groups excluding carboxylic acids is 1. The molecular weight excluding hydrogens is 352 g/mol. The van der Waals surface area contributed by atoms with Crippen molar-refractivity contribution in [1.82, 2.24) is 5.32 Å². The van der Waals surface area contributed by atoms with Gasteiger partial charge in [-0.2, -0.15) is 18.4 Å². The smallest absolute Gasteiger partial charge is 0.416 e. The Bertz CT molecular complexity index is 861. The van der Waals surface area contributed by atoms with E-state index < -0.39 is 29.4 Å². The average Bonchev–Trinajstić information content (AvgIpc) is 3.44. The van der Waals surface area contributed by atoms with E-state index in [4.69, 9.17) is 4.74 Å². The normalized spacial score (nSPS) is 20.2. The van der Waals surface area contributed by atoms with E-state index in [0.717, 1.165) is 32.1 Å². The number of hydrogen-bond donors (Lipinski definition) is 1. The SMILES string of the molecule is COC(=O)C1=C(C2CC2)NC=C(C#N)C1c1ccc(F)cc1C(F)(F)F. The molecule has 0 aromatic heterocycles. The van der Waals surface area contributed by atoms with Gasteiger partial charge in [0.1, 0.15) is 5.82 Å². The van der Waals surface area contributed by atoms with Crippen LogP contribution in [0, 0.1) is 23.1 Å². The minimum atomic E-state index is -4.84. The third kappa shape index (κ3) is 3.17. The summed E-state index contributed by atoms with van der Waals surface area (Å²) in [6.45, 7) is 0. The predicted molar refractivity (Wildman–Crippen MR) is 82.7 cm³/mol. The van der Waals surface area contributed by atoms with Crippen molar-refractivity contribution in [2.75, 3.05) is 7.11 Å². The van der Waals surface area contributed by atoms with Gasteiger partial charge < -0.3 is 10.1 Å². The summed E-state index contributed by atoms with van der Waals surface area (Å²) in [5, 5.41) is 12.3. The maximum atomic E-state index is 13.5. The summed E-state index contributed by atoms with van der Waals surface area (Å²) in [6.07, 6.45) is -1.99. The Morgan fingerprint density at radius 1 is 1.35 bits per heavy atom. The van der Waals surface area contributed by atoms with Crippen LogP contribution < -0.4 is 5.32 Å². The van der Waals surface area contributed by atoms with E-state index in [1.807, 2.05) is 6.07 Å². The number of nitrogens with one attached hydrogen (secondary N) is 1. The second-order valence-electron chi connectivity index (χ2n) is 6.11. The number of rotatable bonds is 3. The highest BCUT2D eigenvalue weighted by atomic mass is 19.4. The van der Waals surface area contributed by atoms with Crippen LogP contribution in [0.1, 0.15) is 29.9 Å². The molecule has 8 heteroatoms. The standard InChI is InChI=1S/C18H14F4N2O2/c1-26-17(25)15-14(10(7-23)8-24-16(15)9-2-3-9)12-5-4-11(19)6-13(12)18(20,21)22/h4-6,8-9,14,24H,2-3H2,1H3. The highest BCUT2D eigenvalue weighted by Crippen LogP contribution is 2.47. The first-order chi connectivity index (χ1) is 12.3. The van der Waals surface area contributed by atoms with Gasteiger partial charge in [-0.05, 0) is 36.5 Å². The van der Waals surface area contributed by atoms with E-state index in [0.29, 0.717) is 11.8 Å². The van der Waals surface area contributed by atoms with Crippen molar-refractivity contribution in [3.05, 3.63) is 58.2 Å². The van der Waals surface area contributed by atoms with Crippen LogP contribution in [0.3, 0.4) is 0 Å². The number of nitrogens with zero attached hydrogens (tertiary/aromatic N) is 1. The van der Waals surface area contributed by atoms with Gasteiger partial charge in [0.15, 0.2) is 0 Å². The molecule has 2 aliphatic rings. The van der Waals surface area contributed by atoms with E-state index in [2.05, 4.69) is 5.32 Å². The number of nitriles is 1. The Morgan fingerprint density at radius 2 is 2.04 bits per heavy atom. The zero-order valence-electron chi connectivity index (χ0n) is 13.7. The van der Waals surface area contributed by atoms with Crippen LogP contribution in [0.2, 0.25) is 0 Å². The van der Waals surface area contributed by atoms with Crippen LogP contribution in [0.25, 0.3) is 0 Å². The van der Waals surface area contributed by atoms with Crippen molar-refractivity contribution in [2.45, 2.75) is 24.9 Å². The lowest BCUT2D eigenvalue weighted by Crippen LogP contribution is -2.28. The average molecular weight is 366 g/mol. The van der Waals surface area contributed by atoms with Crippen LogP contribution in [0.5, 0.6) is 0 Å². The molecule has 1 atom stereocenters. The molecule has 26 heavy (non-hydrogen) atoms. The van der Waals surface area contributed by atoms with Crippen LogP contribution in [-0.2, 0) is 15.7 Å². The van der Waals surface area contributed by atoms with E-state index in [1.54, 1.807) is 0 Å². The summed E-state index contributed by atoms with van der Waals surface area (Å²) in [7, 11) is 1.12. The van der Waals surface area contributed by atoms with Crippen LogP contribution >= 0.6 is 0 Å². The third-order valence-electron chi connectivity index (χ3n) is 4.42. The van der Waals surface area contributed by atoms with Gasteiger partial charge in [-0.3, -0.25) is 0 Å². The zero-order chi connectivity index (χ0) is 19.1. The molecule has 0 bridgehead atoms. The summed E-state index contributed by atoms with van der Waals surface area (Å²) >= 11 is 0. The summed E-state index contributed by atoms with van der Waals surface area (Å²) in [4.78, 5) is 12.4. The Morgan fingerprint density at radius 3 is 2.58 bits per heavy atom. The van der Waals surface area contributed by atoms with E-state index in [1.165, 1.54) is 6.20 Å². The number of dihydropyridines is 1. The Hall–Kier alpha value is -2.82. The molecule has 136 valence electrons. The minimum absolute atomic E-state index is 0.00196. The van der Waals surface area contributed by atoms with Crippen molar-refractivity contribution in [1.29, 1.82) is 5.26 Å². The number of methoxy groups -OCH3 is 1. The minimum Gasteiger partial charge on any atom is -0.466 e. The molecule has 0 radical (unpaired) electrons. The highest BCUT2D eigenvalue weighted by molar-refractivity contribution is 5.93. The predicted octanol–water partition coefficient (Wildman–Crippen LogP) is 3.78. The lowest BCUT2D eigenvalue weighted by atomic mass is 9.79. The number of ether oxygens (including phenoxy) is 1. The number of alkyl halides is 3. The Labute approximate surface area is 146 Å². The molecule has 1 aromatic rings. The molecule has 0 saturated heterocycles. The molecular formula is C18H14F4N2O2. The van der Waals surface area contributed by atoms with E-state index in [-0.39, 0.29) is 22.6 Å². The monoisotopic (exact) mass is 366 g/mol. The van der Waals surface area contributed by atoms with Gasteiger partial charge >= 0.3 is 12.1 Å². The van der Waals surface area contributed by atoms with Crippen molar-refractivity contribution >= 4 is 5.97 Å². The van der Waals surface area contributed by atoms with Crippen LogP contribution in [0.15, 0.2) is 41.2 Å². The van der Waals surface area contributed by atoms with E-state index in [9.17, 15) is 27.6 Å². The number of allylic oxidation sites excluding steroid dienone is 2. The summed E-state index contributed by atoms with van der Waals surface area (Å²) < 4.78 is 58.7. The molecule has 4 nitrogen and oxygen atoms in total. The highest BCUT2D eigenvalue weighted by Gasteiger charge is 2.43. The molecule has 1 aliphatic heterocycles. The molecule has 1 aliphatic carbocycles. The first-order valence-electron chi connectivity index (χ1n) is 7.83. The fraction of sp³-hybridized carbons (Fsp3) is 0.333. The van der Waals surface area contributed by atoms with E-state index >= 15 is 0 Å². The molecule has 0 amide bonds. The zero-order valence-corrected chi connectivity index (χ0v) is 13.7. The van der Waals surface area contributed by atoms with Gasteiger partial charge in [0.2, 0.25) is 0 Å². The fourth-order valence-electron chi connectivity index (χ4n) is 3.12. The maximum Gasteiger partial charge on any atom is 0.416 e. The Kier molecular flexibility index (Phi) is 4.48. The summed E-state index contributed by atoms with van der Waals surface area (Å²) in [6, 6.07) is 4.05. The van der Waals surface area contributed by atoms with Crippen LogP contribution in [-0.4, -0.2) is 13.1 Å². The van der Waals surface area contributed by atoms with Crippen LogP contribution in [0.4, 0.5) is 17.6 Å². The van der Waals surface area contributed by atoms with Gasteiger partial charge in [-0.25, -0.2) is 9.18 Å². The first-order valence-corrected chi connectivity index (χ1v) is 7.83. The second-order valence-corrected chi connectivity index (χ2v) is 6.11. The molecule has 1 saturated carbocycles. The number of benzene rings is 1. The largest absolute Gasteiger partial charge is 0.466 e. The maximum absolute atomic E-state index is 13.5. The number of carbonyl (C=O) groups is 1.